The number of nitrogens with zero attached hydrogens (tertiary/aromatic N) is 2. The van der Waals surface area contributed by atoms with Gasteiger partial charge in [-0.3, -0.25) is 4.98 Å². The number of aromatic nitrogens is 1. The maximum absolute atomic E-state index is 8.87. The minimum Gasteiger partial charge on any atom is -0.263 e. The summed E-state index contributed by atoms with van der Waals surface area (Å²) in [5.74, 6) is 0. The molecule has 0 bridgehead atoms. The number of pyridine rings is 1. The zero-order chi connectivity index (χ0) is 14.2. The smallest absolute Gasteiger partial charge is 0.101 e. The first kappa shape index (κ1) is 14.7. The van der Waals surface area contributed by atoms with Crippen LogP contribution in [0.3, 0.4) is 0 Å². The molecule has 2 aromatic rings. The Morgan fingerprint density at radius 2 is 1.37 bits per heavy atom. The van der Waals surface area contributed by atoms with Gasteiger partial charge in [-0.05, 0) is 6.07 Å². The van der Waals surface area contributed by atoms with Crippen molar-refractivity contribution in [2.45, 2.75) is 0 Å². The van der Waals surface area contributed by atoms with Gasteiger partial charge in [0.25, 0.3) is 0 Å². The second-order valence-electron chi connectivity index (χ2n) is 3.52. The molecular formula is C12H3Cl5N2. The Hall–Kier alpha value is -0.690. The average Bonchev–Trinajstić information content (AvgIpc) is 2.43. The number of hydrogen-bond donors (Lipinski definition) is 0. The fourth-order valence-electron chi connectivity index (χ4n) is 1.50. The quantitative estimate of drug-likeness (QED) is 0.474. The first-order valence-corrected chi connectivity index (χ1v) is 6.73. The molecule has 1 heterocycles. The SMILES string of the molecule is N#Cc1cncc(-c2c(Cl)c(Cl)c(Cl)c(Cl)c2Cl)c1. The summed E-state index contributed by atoms with van der Waals surface area (Å²) < 4.78 is 0. The van der Waals surface area contributed by atoms with Crippen molar-refractivity contribution in [2.24, 2.45) is 0 Å². The third-order valence-electron chi connectivity index (χ3n) is 2.37. The Labute approximate surface area is 134 Å². The summed E-state index contributed by atoms with van der Waals surface area (Å²) in [6.45, 7) is 0. The molecule has 0 atom stereocenters. The highest BCUT2D eigenvalue weighted by molar-refractivity contribution is 6.56. The minimum atomic E-state index is 0.0893. The van der Waals surface area contributed by atoms with Crippen molar-refractivity contribution in [1.29, 1.82) is 5.26 Å². The van der Waals surface area contributed by atoms with Crippen LogP contribution in [0.2, 0.25) is 25.1 Å². The summed E-state index contributed by atoms with van der Waals surface area (Å²) in [5, 5.41) is 9.50. The Morgan fingerprint density at radius 1 is 0.842 bits per heavy atom. The van der Waals surface area contributed by atoms with Crippen molar-refractivity contribution in [1.82, 2.24) is 4.98 Å². The topological polar surface area (TPSA) is 36.7 Å². The summed E-state index contributed by atoms with van der Waals surface area (Å²) in [4.78, 5) is 3.94. The normalized spacial score (nSPS) is 10.3. The molecular weight excluding hydrogens is 349 g/mol. The van der Waals surface area contributed by atoms with Gasteiger partial charge in [-0.15, -0.1) is 0 Å². The Balaban J connectivity index is 2.79. The highest BCUT2D eigenvalue weighted by Crippen LogP contribution is 2.48. The molecule has 96 valence electrons. The summed E-state index contributed by atoms with van der Waals surface area (Å²) in [6, 6.07) is 3.56. The average molecular weight is 352 g/mol. The van der Waals surface area contributed by atoms with Crippen LogP contribution in [-0.4, -0.2) is 4.98 Å². The maximum Gasteiger partial charge on any atom is 0.101 e. The molecule has 2 rings (SSSR count). The lowest BCUT2D eigenvalue weighted by Gasteiger charge is -2.12. The van der Waals surface area contributed by atoms with E-state index in [4.69, 9.17) is 63.3 Å². The van der Waals surface area contributed by atoms with Crippen LogP contribution in [0.4, 0.5) is 0 Å². The highest BCUT2D eigenvalue weighted by atomic mass is 35.5. The molecule has 0 fully saturated rings. The summed E-state index contributed by atoms with van der Waals surface area (Å²) in [6.07, 6.45) is 2.93. The van der Waals surface area contributed by atoms with Crippen molar-refractivity contribution in [2.75, 3.05) is 0 Å². The van der Waals surface area contributed by atoms with Gasteiger partial charge in [0.15, 0.2) is 0 Å². The van der Waals surface area contributed by atoms with Crippen LogP contribution in [0.1, 0.15) is 5.56 Å². The van der Waals surface area contributed by atoms with Gasteiger partial charge in [0.2, 0.25) is 0 Å². The van der Waals surface area contributed by atoms with Gasteiger partial charge in [-0.1, -0.05) is 58.0 Å². The minimum absolute atomic E-state index is 0.0893. The zero-order valence-corrected chi connectivity index (χ0v) is 12.8. The van der Waals surface area contributed by atoms with Gasteiger partial charge < -0.3 is 0 Å². The number of hydrogen-bond acceptors (Lipinski definition) is 2. The first-order chi connectivity index (χ1) is 8.97. The molecule has 0 spiro atoms. The predicted octanol–water partition coefficient (Wildman–Crippen LogP) is 5.89. The van der Waals surface area contributed by atoms with Crippen molar-refractivity contribution < 1.29 is 0 Å². The van der Waals surface area contributed by atoms with Gasteiger partial charge in [-0.2, -0.15) is 5.26 Å². The molecule has 0 saturated carbocycles. The molecule has 0 aliphatic heterocycles. The Morgan fingerprint density at radius 3 is 1.89 bits per heavy atom. The van der Waals surface area contributed by atoms with Gasteiger partial charge in [0, 0.05) is 23.5 Å². The van der Waals surface area contributed by atoms with Gasteiger partial charge in [0.05, 0.1) is 30.7 Å². The van der Waals surface area contributed by atoms with Crippen molar-refractivity contribution in [3.63, 3.8) is 0 Å². The Bertz CT molecular complexity index is 677. The second-order valence-corrected chi connectivity index (χ2v) is 5.41. The van der Waals surface area contributed by atoms with Crippen LogP contribution in [0, 0.1) is 11.3 Å². The third kappa shape index (κ3) is 2.63. The molecule has 1 aromatic heterocycles. The lowest BCUT2D eigenvalue weighted by Crippen LogP contribution is -1.89. The molecule has 0 N–H and O–H groups in total. The van der Waals surface area contributed by atoms with Crippen molar-refractivity contribution in [3.05, 3.63) is 49.1 Å². The largest absolute Gasteiger partial charge is 0.263 e. The number of halogens is 5. The van der Waals surface area contributed by atoms with Crippen LogP contribution in [0.5, 0.6) is 0 Å². The van der Waals surface area contributed by atoms with E-state index >= 15 is 0 Å². The van der Waals surface area contributed by atoms with Crippen molar-refractivity contribution >= 4 is 58.0 Å². The summed E-state index contributed by atoms with van der Waals surface area (Å²) >= 11 is 30.2. The Kier molecular flexibility index (Phi) is 4.45. The number of nitriles is 1. The van der Waals surface area contributed by atoms with E-state index in [0.717, 1.165) is 0 Å². The van der Waals surface area contributed by atoms with Crippen molar-refractivity contribution in [3.8, 4) is 17.2 Å². The van der Waals surface area contributed by atoms with E-state index in [-0.39, 0.29) is 25.1 Å². The number of rotatable bonds is 1. The summed E-state index contributed by atoms with van der Waals surface area (Å²) in [7, 11) is 0. The lowest BCUT2D eigenvalue weighted by molar-refractivity contribution is 1.30. The highest BCUT2D eigenvalue weighted by Gasteiger charge is 2.20. The summed E-state index contributed by atoms with van der Waals surface area (Å²) in [5.41, 5.74) is 1.30. The van der Waals surface area contributed by atoms with E-state index in [1.54, 1.807) is 6.07 Å². The van der Waals surface area contributed by atoms with E-state index in [9.17, 15) is 0 Å². The van der Waals surface area contributed by atoms with E-state index in [2.05, 4.69) is 4.98 Å². The van der Waals surface area contributed by atoms with Crippen LogP contribution in [-0.2, 0) is 0 Å². The third-order valence-corrected chi connectivity index (χ3v) is 4.64. The molecule has 2 nitrogen and oxygen atoms in total. The van der Waals surface area contributed by atoms with Gasteiger partial charge >= 0.3 is 0 Å². The maximum atomic E-state index is 8.87. The lowest BCUT2D eigenvalue weighted by atomic mass is 10.1. The molecule has 0 amide bonds. The van der Waals surface area contributed by atoms with E-state index in [0.29, 0.717) is 16.7 Å². The standard InChI is InChI=1S/C12H3Cl5N2/c13-8-7(6-1-5(2-18)3-19-4-6)9(14)11(16)12(17)10(8)15/h1,3-4H. The molecule has 0 aliphatic carbocycles. The fourth-order valence-corrected chi connectivity index (χ4v) is 2.85. The van der Waals surface area contributed by atoms with E-state index in [1.807, 2.05) is 6.07 Å². The monoisotopic (exact) mass is 350 g/mol. The molecule has 0 radical (unpaired) electrons. The molecule has 7 heteroatoms. The van der Waals surface area contributed by atoms with Crippen LogP contribution in [0.25, 0.3) is 11.1 Å². The van der Waals surface area contributed by atoms with Crippen LogP contribution in [0.15, 0.2) is 18.5 Å². The van der Waals surface area contributed by atoms with Crippen LogP contribution >= 0.6 is 58.0 Å². The van der Waals surface area contributed by atoms with Crippen LogP contribution < -0.4 is 0 Å². The molecule has 19 heavy (non-hydrogen) atoms. The van der Waals surface area contributed by atoms with E-state index in [1.165, 1.54) is 12.4 Å². The first-order valence-electron chi connectivity index (χ1n) is 4.84. The molecule has 0 saturated heterocycles. The van der Waals surface area contributed by atoms with E-state index < -0.39 is 0 Å². The van der Waals surface area contributed by atoms with Gasteiger partial charge in [-0.25, -0.2) is 0 Å². The number of benzene rings is 1. The van der Waals surface area contributed by atoms with Gasteiger partial charge in [0.1, 0.15) is 6.07 Å². The predicted molar refractivity (Wildman–Crippen MR) is 79.4 cm³/mol. The zero-order valence-electron chi connectivity index (χ0n) is 9.02. The second kappa shape index (κ2) is 5.75. The fraction of sp³-hybridized carbons (Fsp3) is 0. The molecule has 1 aromatic carbocycles. The molecule has 0 aliphatic rings. The molecule has 0 unspecified atom stereocenters.